The first-order chi connectivity index (χ1) is 9.79. The van der Waals surface area contributed by atoms with Crippen molar-refractivity contribution in [2.24, 2.45) is 5.41 Å². The molecule has 0 atom stereocenters. The molecule has 6 heteroatoms. The number of hydrogen-bond donors (Lipinski definition) is 0. The second-order valence-electron chi connectivity index (χ2n) is 5.83. The number of amides is 1. The number of unbranched alkanes of at least 4 members (excludes halogenated alkanes) is 1. The summed E-state index contributed by atoms with van der Waals surface area (Å²) in [6, 6.07) is 8.48. The number of nitriles is 1. The van der Waals surface area contributed by atoms with E-state index in [2.05, 4.69) is 6.07 Å². The molecule has 1 heterocycles. The lowest BCUT2D eigenvalue weighted by atomic mass is 9.89. The van der Waals surface area contributed by atoms with E-state index in [1.165, 1.54) is 12.1 Å². The maximum absolute atomic E-state index is 12.3. The van der Waals surface area contributed by atoms with E-state index in [0.29, 0.717) is 19.3 Å². The Morgan fingerprint density at radius 2 is 1.90 bits per heavy atom. The Kier molecular flexibility index (Phi) is 4.06. The highest BCUT2D eigenvalue weighted by atomic mass is 32.2. The van der Waals surface area contributed by atoms with Gasteiger partial charge in [0.05, 0.1) is 17.0 Å². The molecule has 1 aliphatic heterocycles. The van der Waals surface area contributed by atoms with Crippen molar-refractivity contribution in [1.29, 1.82) is 5.26 Å². The fourth-order valence-electron chi connectivity index (χ4n) is 2.33. The van der Waals surface area contributed by atoms with Gasteiger partial charge in [0.15, 0.2) is 0 Å². The van der Waals surface area contributed by atoms with Gasteiger partial charge in [0.25, 0.3) is 15.9 Å². The predicted molar refractivity (Wildman–Crippen MR) is 77.9 cm³/mol. The number of rotatable bonds is 5. The number of benzene rings is 1. The minimum Gasteiger partial charge on any atom is -0.268 e. The first kappa shape index (κ1) is 15.5. The molecule has 0 fully saturated rings. The van der Waals surface area contributed by atoms with Crippen molar-refractivity contribution in [1.82, 2.24) is 4.31 Å². The van der Waals surface area contributed by atoms with Gasteiger partial charge in [-0.05, 0) is 38.8 Å². The van der Waals surface area contributed by atoms with Crippen LogP contribution in [0.25, 0.3) is 0 Å². The first-order valence-corrected chi connectivity index (χ1v) is 8.31. The highest BCUT2D eigenvalue weighted by Crippen LogP contribution is 2.30. The van der Waals surface area contributed by atoms with Gasteiger partial charge in [-0.2, -0.15) is 5.26 Å². The molecular formula is C15H18N2O3S. The summed E-state index contributed by atoms with van der Waals surface area (Å²) < 4.78 is 25.5. The van der Waals surface area contributed by atoms with Crippen LogP contribution in [-0.2, 0) is 10.0 Å². The average molecular weight is 306 g/mol. The average Bonchev–Trinajstić information content (AvgIpc) is 2.64. The summed E-state index contributed by atoms with van der Waals surface area (Å²) >= 11 is 0. The summed E-state index contributed by atoms with van der Waals surface area (Å²) in [5.74, 6) is -0.454. The van der Waals surface area contributed by atoms with Gasteiger partial charge in [-0.1, -0.05) is 18.6 Å². The predicted octanol–water partition coefficient (Wildman–Crippen LogP) is 2.55. The van der Waals surface area contributed by atoms with Crippen molar-refractivity contribution in [3.8, 4) is 6.07 Å². The van der Waals surface area contributed by atoms with Gasteiger partial charge >= 0.3 is 0 Å². The number of carbonyl (C=O) groups excluding carboxylic acids is 1. The van der Waals surface area contributed by atoms with Crippen molar-refractivity contribution in [3.63, 3.8) is 0 Å². The molecule has 21 heavy (non-hydrogen) atoms. The highest BCUT2D eigenvalue weighted by Gasteiger charge is 2.40. The van der Waals surface area contributed by atoms with Gasteiger partial charge in [0.2, 0.25) is 0 Å². The Bertz CT molecular complexity index is 702. The Hall–Kier alpha value is -1.87. The minimum absolute atomic E-state index is 0.0901. The molecule has 2 rings (SSSR count). The first-order valence-electron chi connectivity index (χ1n) is 6.87. The number of sulfonamides is 1. The highest BCUT2D eigenvalue weighted by molar-refractivity contribution is 7.90. The van der Waals surface area contributed by atoms with E-state index in [1.807, 2.05) is 13.8 Å². The van der Waals surface area contributed by atoms with E-state index in [0.717, 1.165) is 4.31 Å². The molecule has 0 N–H and O–H groups in total. The zero-order chi connectivity index (χ0) is 15.7. The maximum Gasteiger partial charge on any atom is 0.269 e. The van der Waals surface area contributed by atoms with Crippen LogP contribution in [0.5, 0.6) is 0 Å². The molecule has 0 radical (unpaired) electrons. The molecule has 0 aromatic heterocycles. The molecule has 1 aromatic rings. The quantitative estimate of drug-likeness (QED) is 0.783. The fourth-order valence-corrected chi connectivity index (χ4v) is 3.94. The molecule has 1 aromatic carbocycles. The number of nitrogens with zero attached hydrogens (tertiary/aromatic N) is 2. The normalized spacial score (nSPS) is 16.6. The van der Waals surface area contributed by atoms with Crippen LogP contribution in [0, 0.1) is 16.7 Å². The Morgan fingerprint density at radius 1 is 1.24 bits per heavy atom. The second kappa shape index (κ2) is 5.49. The van der Waals surface area contributed by atoms with Gasteiger partial charge < -0.3 is 0 Å². The van der Waals surface area contributed by atoms with Crippen molar-refractivity contribution in [2.45, 2.75) is 38.0 Å². The zero-order valence-corrected chi connectivity index (χ0v) is 13.0. The van der Waals surface area contributed by atoms with Crippen molar-refractivity contribution < 1.29 is 13.2 Å². The van der Waals surface area contributed by atoms with E-state index in [9.17, 15) is 13.2 Å². The topological polar surface area (TPSA) is 78.2 Å². The van der Waals surface area contributed by atoms with Gasteiger partial charge in [0, 0.05) is 6.54 Å². The lowest BCUT2D eigenvalue weighted by Crippen LogP contribution is -2.31. The summed E-state index contributed by atoms with van der Waals surface area (Å²) in [7, 11) is -3.70. The van der Waals surface area contributed by atoms with Crippen LogP contribution < -0.4 is 0 Å². The second-order valence-corrected chi connectivity index (χ2v) is 7.66. The summed E-state index contributed by atoms with van der Waals surface area (Å²) in [4.78, 5) is 12.2. The molecule has 0 spiro atoms. The number of hydrogen-bond acceptors (Lipinski definition) is 4. The number of carbonyl (C=O) groups is 1. The Balaban J connectivity index is 2.04. The lowest BCUT2D eigenvalue weighted by Gasteiger charge is -2.17. The van der Waals surface area contributed by atoms with Gasteiger partial charge in [-0.25, -0.2) is 12.7 Å². The number of fused-ring (bicyclic) bond motifs is 1. The smallest absolute Gasteiger partial charge is 0.268 e. The van der Waals surface area contributed by atoms with Gasteiger partial charge in [0.1, 0.15) is 4.90 Å². The monoisotopic (exact) mass is 306 g/mol. The summed E-state index contributed by atoms with van der Waals surface area (Å²) in [6.45, 7) is 3.86. The van der Waals surface area contributed by atoms with Gasteiger partial charge in [-0.3, -0.25) is 4.79 Å². The molecule has 5 nitrogen and oxygen atoms in total. The van der Waals surface area contributed by atoms with Crippen molar-refractivity contribution in [3.05, 3.63) is 29.8 Å². The van der Waals surface area contributed by atoms with Gasteiger partial charge in [-0.15, -0.1) is 0 Å². The Morgan fingerprint density at radius 3 is 2.52 bits per heavy atom. The van der Waals surface area contributed by atoms with Crippen LogP contribution in [-0.4, -0.2) is 25.2 Å². The molecule has 0 aliphatic carbocycles. The van der Waals surface area contributed by atoms with E-state index < -0.39 is 21.3 Å². The maximum atomic E-state index is 12.3. The van der Waals surface area contributed by atoms with Crippen LogP contribution in [0.1, 0.15) is 43.5 Å². The van der Waals surface area contributed by atoms with E-state index in [-0.39, 0.29) is 17.0 Å². The van der Waals surface area contributed by atoms with Crippen molar-refractivity contribution in [2.75, 3.05) is 6.54 Å². The molecule has 112 valence electrons. The SMILES string of the molecule is CC(C)(C#N)CCCCN1C(=O)c2ccccc2S1(=O)=O. The zero-order valence-electron chi connectivity index (χ0n) is 12.2. The van der Waals surface area contributed by atoms with E-state index in [1.54, 1.807) is 12.1 Å². The molecule has 0 unspecified atom stereocenters. The molecule has 0 bridgehead atoms. The van der Waals surface area contributed by atoms with E-state index in [4.69, 9.17) is 5.26 Å². The Labute approximate surface area is 125 Å². The largest absolute Gasteiger partial charge is 0.269 e. The lowest BCUT2D eigenvalue weighted by molar-refractivity contribution is 0.0869. The van der Waals surface area contributed by atoms with Crippen LogP contribution >= 0.6 is 0 Å². The standard InChI is InChI=1S/C15H18N2O3S/c1-15(2,11-16)9-5-6-10-17-14(18)12-7-3-4-8-13(12)21(17,19)20/h3-4,7-8H,5-6,9-10H2,1-2H3. The summed E-state index contributed by atoms with van der Waals surface area (Å²) in [6.07, 6.45) is 1.94. The third kappa shape index (κ3) is 2.93. The molecule has 1 aliphatic rings. The molecular weight excluding hydrogens is 288 g/mol. The van der Waals surface area contributed by atoms with Crippen LogP contribution in [0.4, 0.5) is 0 Å². The van der Waals surface area contributed by atoms with Crippen molar-refractivity contribution >= 4 is 15.9 Å². The van der Waals surface area contributed by atoms with Crippen LogP contribution in [0.3, 0.4) is 0 Å². The molecule has 1 amide bonds. The summed E-state index contributed by atoms with van der Waals surface area (Å²) in [5.41, 5.74) is -0.175. The van der Waals surface area contributed by atoms with E-state index >= 15 is 0 Å². The summed E-state index contributed by atoms with van der Waals surface area (Å²) in [5, 5.41) is 8.94. The fraction of sp³-hybridized carbons (Fsp3) is 0.467. The molecule has 0 saturated heterocycles. The third-order valence-electron chi connectivity index (χ3n) is 3.63. The minimum atomic E-state index is -3.70. The van der Waals surface area contributed by atoms with Crippen LogP contribution in [0.2, 0.25) is 0 Å². The third-order valence-corrected chi connectivity index (χ3v) is 5.47. The van der Waals surface area contributed by atoms with Crippen LogP contribution in [0.15, 0.2) is 29.2 Å². The molecule has 0 saturated carbocycles.